The van der Waals surface area contributed by atoms with Gasteiger partial charge in [-0.1, -0.05) is 6.58 Å². The Balaban J connectivity index is 2.98. The van der Waals surface area contributed by atoms with E-state index in [4.69, 9.17) is 0 Å². The zero-order chi connectivity index (χ0) is 6.69. The molecule has 0 unspecified atom stereocenters. The lowest BCUT2D eigenvalue weighted by Gasteiger charge is -1.90. The van der Waals surface area contributed by atoms with Crippen LogP contribution in [0.1, 0.15) is 5.69 Å². The summed E-state index contributed by atoms with van der Waals surface area (Å²) in [5.41, 5.74) is 0.775. The number of hydrogen-bond donors (Lipinski definition) is 0. The van der Waals surface area contributed by atoms with Crippen LogP contribution in [-0.2, 0) is 0 Å². The fraction of sp³-hybridized carbons (Fsp3) is 0. The summed E-state index contributed by atoms with van der Waals surface area (Å²) in [6, 6.07) is 0. The van der Waals surface area contributed by atoms with E-state index in [2.05, 4.69) is 32.5 Å². The summed E-state index contributed by atoms with van der Waals surface area (Å²) < 4.78 is 0.760. The van der Waals surface area contributed by atoms with Crippen molar-refractivity contribution < 1.29 is 0 Å². The minimum absolute atomic E-state index is 0.760. The topological polar surface area (TPSA) is 25.8 Å². The summed E-state index contributed by atoms with van der Waals surface area (Å²) >= 11 is 3.19. The fourth-order valence-corrected chi connectivity index (χ4v) is 0.644. The van der Waals surface area contributed by atoms with E-state index in [1.54, 1.807) is 18.6 Å². The summed E-state index contributed by atoms with van der Waals surface area (Å²) in [4.78, 5) is 7.82. The molecule has 0 fully saturated rings. The number of hydrogen-bond acceptors (Lipinski definition) is 2. The van der Waals surface area contributed by atoms with Gasteiger partial charge in [-0.2, -0.15) is 0 Å². The Hall–Kier alpha value is -0.700. The maximum absolute atomic E-state index is 3.97. The van der Waals surface area contributed by atoms with E-state index >= 15 is 0 Å². The standard InChI is InChI=1S/C6H5BrN2/c1-5(7)6-4-8-2-3-9-6/h2-4H,1H2. The molecule has 0 aliphatic carbocycles. The first-order chi connectivity index (χ1) is 4.30. The van der Waals surface area contributed by atoms with Gasteiger partial charge in [0.15, 0.2) is 0 Å². The van der Waals surface area contributed by atoms with Gasteiger partial charge in [0.1, 0.15) is 0 Å². The molecule has 9 heavy (non-hydrogen) atoms. The molecule has 0 radical (unpaired) electrons. The Morgan fingerprint density at radius 2 is 2.33 bits per heavy atom. The maximum Gasteiger partial charge on any atom is 0.0948 e. The van der Waals surface area contributed by atoms with Gasteiger partial charge in [-0.15, -0.1) is 0 Å². The van der Waals surface area contributed by atoms with Gasteiger partial charge in [0.25, 0.3) is 0 Å². The Kier molecular flexibility index (Phi) is 1.95. The van der Waals surface area contributed by atoms with E-state index in [1.165, 1.54) is 0 Å². The molecule has 3 heteroatoms. The van der Waals surface area contributed by atoms with Crippen LogP contribution in [-0.4, -0.2) is 9.97 Å². The van der Waals surface area contributed by atoms with Crippen molar-refractivity contribution in [3.8, 4) is 0 Å². The van der Waals surface area contributed by atoms with Crippen molar-refractivity contribution in [3.63, 3.8) is 0 Å². The molecule has 1 rings (SSSR count). The molecule has 0 atom stereocenters. The lowest BCUT2D eigenvalue weighted by Crippen LogP contribution is -1.81. The maximum atomic E-state index is 3.97. The number of halogens is 1. The highest BCUT2D eigenvalue weighted by atomic mass is 79.9. The third kappa shape index (κ3) is 1.61. The van der Waals surface area contributed by atoms with Crippen molar-refractivity contribution >= 4 is 20.4 Å². The quantitative estimate of drug-likeness (QED) is 0.666. The van der Waals surface area contributed by atoms with Crippen molar-refractivity contribution in [2.24, 2.45) is 0 Å². The summed E-state index contributed by atoms with van der Waals surface area (Å²) in [7, 11) is 0. The third-order valence-electron chi connectivity index (χ3n) is 0.841. The molecule has 46 valence electrons. The average molecular weight is 185 g/mol. The third-order valence-corrected chi connectivity index (χ3v) is 1.25. The second-order valence-corrected chi connectivity index (χ2v) is 2.45. The second-order valence-electron chi connectivity index (χ2n) is 1.50. The molecular formula is C6H5BrN2. The molecule has 0 spiro atoms. The zero-order valence-corrected chi connectivity index (χ0v) is 6.30. The summed E-state index contributed by atoms with van der Waals surface area (Å²) in [5.74, 6) is 0. The van der Waals surface area contributed by atoms with E-state index in [-0.39, 0.29) is 0 Å². The van der Waals surface area contributed by atoms with Crippen LogP contribution in [0.2, 0.25) is 0 Å². The van der Waals surface area contributed by atoms with Gasteiger partial charge in [0, 0.05) is 16.9 Å². The van der Waals surface area contributed by atoms with Gasteiger partial charge < -0.3 is 0 Å². The second kappa shape index (κ2) is 2.73. The van der Waals surface area contributed by atoms with E-state index in [0.29, 0.717) is 0 Å². The molecule has 0 aliphatic heterocycles. The van der Waals surface area contributed by atoms with E-state index in [0.717, 1.165) is 10.2 Å². The minimum atomic E-state index is 0.760. The van der Waals surface area contributed by atoms with Crippen LogP contribution in [0, 0.1) is 0 Å². The van der Waals surface area contributed by atoms with Crippen LogP contribution in [0.5, 0.6) is 0 Å². The largest absolute Gasteiger partial charge is 0.261 e. The Bertz CT molecular complexity index is 208. The predicted octanol–water partition coefficient (Wildman–Crippen LogP) is 1.84. The molecule has 1 heterocycles. The van der Waals surface area contributed by atoms with Crippen LogP contribution in [0.4, 0.5) is 0 Å². The molecule has 0 saturated heterocycles. The SMILES string of the molecule is C=C(Br)c1cnccn1. The molecule has 0 saturated carbocycles. The molecule has 2 nitrogen and oxygen atoms in total. The Morgan fingerprint density at radius 3 is 2.67 bits per heavy atom. The first-order valence-electron chi connectivity index (χ1n) is 2.41. The average Bonchev–Trinajstić information content (AvgIpc) is 1.90. The molecule has 0 aliphatic rings. The van der Waals surface area contributed by atoms with Crippen LogP contribution < -0.4 is 0 Å². The van der Waals surface area contributed by atoms with Gasteiger partial charge >= 0.3 is 0 Å². The number of rotatable bonds is 1. The Labute approximate surface area is 61.8 Å². The van der Waals surface area contributed by atoms with Crippen molar-refractivity contribution in [1.29, 1.82) is 0 Å². The molecule has 1 aromatic heterocycles. The Morgan fingerprint density at radius 1 is 1.56 bits per heavy atom. The lowest BCUT2D eigenvalue weighted by atomic mass is 10.4. The minimum Gasteiger partial charge on any atom is -0.261 e. The first kappa shape index (κ1) is 6.42. The number of nitrogens with zero attached hydrogens (tertiary/aromatic N) is 2. The van der Waals surface area contributed by atoms with Crippen molar-refractivity contribution in [3.05, 3.63) is 30.9 Å². The van der Waals surface area contributed by atoms with Crippen LogP contribution in [0.15, 0.2) is 25.2 Å². The molecule has 1 aromatic rings. The molecular weight excluding hydrogens is 180 g/mol. The van der Waals surface area contributed by atoms with E-state index in [9.17, 15) is 0 Å². The highest BCUT2D eigenvalue weighted by Crippen LogP contribution is 2.13. The van der Waals surface area contributed by atoms with Crippen molar-refractivity contribution in [2.75, 3.05) is 0 Å². The van der Waals surface area contributed by atoms with E-state index < -0.39 is 0 Å². The van der Waals surface area contributed by atoms with Gasteiger partial charge in [0.05, 0.1) is 11.9 Å². The van der Waals surface area contributed by atoms with Crippen molar-refractivity contribution in [2.45, 2.75) is 0 Å². The normalized spacial score (nSPS) is 9.00. The predicted molar refractivity (Wildman–Crippen MR) is 40.0 cm³/mol. The lowest BCUT2D eigenvalue weighted by molar-refractivity contribution is 1.18. The van der Waals surface area contributed by atoms with Crippen molar-refractivity contribution in [1.82, 2.24) is 9.97 Å². The van der Waals surface area contributed by atoms with Crippen LogP contribution in [0.3, 0.4) is 0 Å². The van der Waals surface area contributed by atoms with Gasteiger partial charge in [-0.3, -0.25) is 9.97 Å². The van der Waals surface area contributed by atoms with Crippen LogP contribution in [0.25, 0.3) is 4.48 Å². The summed E-state index contributed by atoms with van der Waals surface area (Å²) in [6.07, 6.45) is 4.90. The molecule has 0 N–H and O–H groups in total. The van der Waals surface area contributed by atoms with Crippen LogP contribution >= 0.6 is 15.9 Å². The van der Waals surface area contributed by atoms with Gasteiger partial charge in [0.2, 0.25) is 0 Å². The summed E-state index contributed by atoms with van der Waals surface area (Å²) in [6.45, 7) is 3.64. The molecule has 0 amide bonds. The van der Waals surface area contributed by atoms with Gasteiger partial charge in [-0.25, -0.2) is 0 Å². The molecule has 0 aromatic carbocycles. The monoisotopic (exact) mass is 184 g/mol. The molecule has 0 bridgehead atoms. The fourth-order valence-electron chi connectivity index (χ4n) is 0.439. The zero-order valence-electron chi connectivity index (χ0n) is 4.71. The first-order valence-corrected chi connectivity index (χ1v) is 3.21. The highest BCUT2D eigenvalue weighted by molar-refractivity contribution is 9.15. The highest BCUT2D eigenvalue weighted by Gasteiger charge is 1.91. The van der Waals surface area contributed by atoms with E-state index in [1.807, 2.05) is 0 Å². The number of aromatic nitrogens is 2. The van der Waals surface area contributed by atoms with Gasteiger partial charge in [-0.05, 0) is 15.9 Å². The smallest absolute Gasteiger partial charge is 0.0948 e. The summed E-state index contributed by atoms with van der Waals surface area (Å²) in [5, 5.41) is 0.